The largest absolute Gasteiger partial charge is 0.383 e. The first kappa shape index (κ1) is 13.7. The molecule has 116 valence electrons. The second-order valence-electron chi connectivity index (χ2n) is 6.05. The average Bonchev–Trinajstić information content (AvgIpc) is 3.17. The van der Waals surface area contributed by atoms with Gasteiger partial charge in [0.15, 0.2) is 0 Å². The fraction of sp³-hybridized carbons (Fsp3) is 0.500. The molecule has 1 fully saturated rings. The molecule has 0 saturated carbocycles. The highest BCUT2D eigenvalue weighted by atomic mass is 16.5. The van der Waals surface area contributed by atoms with Crippen molar-refractivity contribution in [3.05, 3.63) is 35.8 Å². The lowest BCUT2D eigenvalue weighted by Gasteiger charge is -2.28. The summed E-state index contributed by atoms with van der Waals surface area (Å²) >= 11 is 0. The van der Waals surface area contributed by atoms with Gasteiger partial charge in [-0.2, -0.15) is 5.10 Å². The van der Waals surface area contributed by atoms with E-state index >= 15 is 0 Å². The molecule has 6 heteroatoms. The van der Waals surface area contributed by atoms with Crippen molar-refractivity contribution >= 4 is 5.82 Å². The Bertz CT molecular complexity index is 648. The third-order valence-electron chi connectivity index (χ3n) is 4.55. The van der Waals surface area contributed by atoms with Crippen LogP contribution < -0.4 is 5.73 Å². The lowest BCUT2D eigenvalue weighted by Crippen LogP contribution is -2.36. The summed E-state index contributed by atoms with van der Waals surface area (Å²) in [5.74, 6) is 0.748. The zero-order chi connectivity index (χ0) is 14.9. The number of pyridine rings is 1. The number of nitrogens with zero attached hydrogens (tertiary/aromatic N) is 4. The summed E-state index contributed by atoms with van der Waals surface area (Å²) in [4.78, 5) is 6.49. The molecule has 4 heterocycles. The molecule has 0 aromatic carbocycles. The molecular formula is C16H21N5O. The molecular weight excluding hydrogens is 278 g/mol. The van der Waals surface area contributed by atoms with Crippen LogP contribution in [0.5, 0.6) is 0 Å². The quantitative estimate of drug-likeness (QED) is 0.927. The first-order valence-corrected chi connectivity index (χ1v) is 7.92. The van der Waals surface area contributed by atoms with E-state index in [4.69, 9.17) is 15.6 Å². The van der Waals surface area contributed by atoms with Gasteiger partial charge in [-0.05, 0) is 25.0 Å². The van der Waals surface area contributed by atoms with E-state index in [2.05, 4.69) is 9.88 Å². The maximum Gasteiger partial charge on any atom is 0.132 e. The Morgan fingerprint density at radius 3 is 2.95 bits per heavy atom. The van der Waals surface area contributed by atoms with Gasteiger partial charge in [0.1, 0.15) is 5.82 Å². The minimum absolute atomic E-state index is 0.387. The second kappa shape index (κ2) is 5.70. The monoisotopic (exact) mass is 299 g/mol. The van der Waals surface area contributed by atoms with Gasteiger partial charge in [0, 0.05) is 50.6 Å². The first-order chi connectivity index (χ1) is 10.8. The van der Waals surface area contributed by atoms with Crippen LogP contribution in [-0.4, -0.2) is 45.5 Å². The van der Waals surface area contributed by atoms with Crippen molar-refractivity contribution in [2.75, 3.05) is 25.4 Å². The van der Waals surface area contributed by atoms with Crippen molar-refractivity contribution in [1.82, 2.24) is 19.7 Å². The summed E-state index contributed by atoms with van der Waals surface area (Å²) in [7, 11) is 0. The standard InChI is InChI=1S/C16H21N5O/c17-16-14-11-20(10-13-2-1-9-22-13)8-5-15(14)19-21(16)12-3-6-18-7-4-12/h3-4,6-7,13H,1-2,5,8-11,17H2. The van der Waals surface area contributed by atoms with Gasteiger partial charge < -0.3 is 10.5 Å². The number of nitrogens with two attached hydrogens (primary N) is 1. The van der Waals surface area contributed by atoms with Gasteiger partial charge in [0.2, 0.25) is 0 Å². The molecule has 22 heavy (non-hydrogen) atoms. The van der Waals surface area contributed by atoms with Crippen LogP contribution in [0.1, 0.15) is 24.1 Å². The molecule has 1 atom stereocenters. The molecule has 1 unspecified atom stereocenters. The highest BCUT2D eigenvalue weighted by Crippen LogP contribution is 2.27. The van der Waals surface area contributed by atoms with Crippen LogP contribution in [0.15, 0.2) is 24.5 Å². The topological polar surface area (TPSA) is 69.2 Å². The van der Waals surface area contributed by atoms with Gasteiger partial charge in [-0.15, -0.1) is 0 Å². The van der Waals surface area contributed by atoms with Crippen LogP contribution in [0, 0.1) is 0 Å². The van der Waals surface area contributed by atoms with Crippen molar-refractivity contribution in [3.63, 3.8) is 0 Å². The molecule has 0 bridgehead atoms. The predicted octanol–water partition coefficient (Wildman–Crippen LogP) is 1.39. The van der Waals surface area contributed by atoms with Crippen molar-refractivity contribution in [2.45, 2.75) is 31.9 Å². The van der Waals surface area contributed by atoms with Gasteiger partial charge in [-0.3, -0.25) is 9.88 Å². The van der Waals surface area contributed by atoms with Crippen LogP contribution >= 0.6 is 0 Å². The fourth-order valence-corrected chi connectivity index (χ4v) is 3.36. The molecule has 2 N–H and O–H groups in total. The molecule has 0 radical (unpaired) electrons. The molecule has 0 spiro atoms. The maximum absolute atomic E-state index is 6.35. The van der Waals surface area contributed by atoms with Crippen LogP contribution in [0.4, 0.5) is 5.82 Å². The van der Waals surface area contributed by atoms with E-state index in [1.807, 2.05) is 16.8 Å². The van der Waals surface area contributed by atoms with Crippen LogP contribution in [-0.2, 0) is 17.7 Å². The van der Waals surface area contributed by atoms with Crippen LogP contribution in [0.25, 0.3) is 5.69 Å². The van der Waals surface area contributed by atoms with E-state index < -0.39 is 0 Å². The number of fused-ring (bicyclic) bond motifs is 1. The third kappa shape index (κ3) is 2.48. The number of aromatic nitrogens is 3. The molecule has 0 aliphatic carbocycles. The smallest absolute Gasteiger partial charge is 0.132 e. The summed E-state index contributed by atoms with van der Waals surface area (Å²) in [5.41, 5.74) is 9.60. The Morgan fingerprint density at radius 1 is 1.32 bits per heavy atom. The number of ether oxygens (including phenoxy) is 1. The zero-order valence-electron chi connectivity index (χ0n) is 12.6. The molecule has 2 aromatic heterocycles. The molecule has 6 nitrogen and oxygen atoms in total. The minimum atomic E-state index is 0.387. The van der Waals surface area contributed by atoms with Crippen molar-refractivity contribution in [1.29, 1.82) is 0 Å². The van der Waals surface area contributed by atoms with Crippen molar-refractivity contribution < 1.29 is 4.74 Å². The SMILES string of the molecule is Nc1c2c(nn1-c1ccncc1)CCN(CC1CCCO1)C2. The first-order valence-electron chi connectivity index (χ1n) is 7.92. The van der Waals surface area contributed by atoms with Gasteiger partial charge >= 0.3 is 0 Å². The molecule has 2 aliphatic heterocycles. The second-order valence-corrected chi connectivity index (χ2v) is 6.05. The Morgan fingerprint density at radius 2 is 2.18 bits per heavy atom. The summed E-state index contributed by atoms with van der Waals surface area (Å²) < 4.78 is 7.58. The summed E-state index contributed by atoms with van der Waals surface area (Å²) in [6.07, 6.45) is 7.22. The molecule has 0 amide bonds. The number of hydrogen-bond donors (Lipinski definition) is 1. The number of nitrogen functional groups attached to an aromatic ring is 1. The highest BCUT2D eigenvalue weighted by Gasteiger charge is 2.26. The lowest BCUT2D eigenvalue weighted by atomic mass is 10.1. The van der Waals surface area contributed by atoms with E-state index in [0.29, 0.717) is 6.10 Å². The molecule has 4 rings (SSSR count). The van der Waals surface area contributed by atoms with E-state index in [-0.39, 0.29) is 0 Å². The highest BCUT2D eigenvalue weighted by molar-refractivity contribution is 5.50. The lowest BCUT2D eigenvalue weighted by molar-refractivity contribution is 0.0688. The van der Waals surface area contributed by atoms with Gasteiger partial charge in [0.05, 0.1) is 17.5 Å². The Hall–Kier alpha value is -1.92. The zero-order valence-corrected chi connectivity index (χ0v) is 12.6. The Kier molecular flexibility index (Phi) is 3.56. The normalized spacial score (nSPS) is 21.9. The predicted molar refractivity (Wildman–Crippen MR) is 83.7 cm³/mol. The molecule has 2 aliphatic rings. The summed E-state index contributed by atoms with van der Waals surface area (Å²) in [6.45, 7) is 3.80. The van der Waals surface area contributed by atoms with Gasteiger partial charge in [0.25, 0.3) is 0 Å². The molecule has 1 saturated heterocycles. The summed E-state index contributed by atoms with van der Waals surface area (Å²) in [6, 6.07) is 3.86. The number of anilines is 1. The maximum atomic E-state index is 6.35. The van der Waals surface area contributed by atoms with Gasteiger partial charge in [-0.1, -0.05) is 0 Å². The van der Waals surface area contributed by atoms with E-state index in [9.17, 15) is 0 Å². The molecule has 2 aromatic rings. The van der Waals surface area contributed by atoms with Crippen LogP contribution in [0.3, 0.4) is 0 Å². The summed E-state index contributed by atoms with van der Waals surface area (Å²) in [5, 5.41) is 4.69. The van der Waals surface area contributed by atoms with Gasteiger partial charge in [-0.25, -0.2) is 4.68 Å². The minimum Gasteiger partial charge on any atom is -0.383 e. The van der Waals surface area contributed by atoms with Crippen molar-refractivity contribution in [3.8, 4) is 5.69 Å². The number of hydrogen-bond acceptors (Lipinski definition) is 5. The Balaban J connectivity index is 1.55. The van der Waals surface area contributed by atoms with E-state index in [1.54, 1.807) is 12.4 Å². The van der Waals surface area contributed by atoms with Crippen LogP contribution in [0.2, 0.25) is 0 Å². The van der Waals surface area contributed by atoms with Crippen molar-refractivity contribution in [2.24, 2.45) is 0 Å². The third-order valence-corrected chi connectivity index (χ3v) is 4.55. The Labute approximate surface area is 129 Å². The van der Waals surface area contributed by atoms with E-state index in [0.717, 1.165) is 49.9 Å². The fourth-order valence-electron chi connectivity index (χ4n) is 3.36. The van der Waals surface area contributed by atoms with E-state index in [1.165, 1.54) is 18.4 Å². The average molecular weight is 299 g/mol. The number of rotatable bonds is 3.